The van der Waals surface area contributed by atoms with Crippen molar-refractivity contribution in [2.24, 2.45) is 0 Å². The summed E-state index contributed by atoms with van der Waals surface area (Å²) in [6.07, 6.45) is 1.05. The molecule has 0 saturated heterocycles. The highest BCUT2D eigenvalue weighted by atomic mass is 16.2. The number of carbonyl (C=O) groups is 4. The normalized spacial score (nSPS) is 11.8. The summed E-state index contributed by atoms with van der Waals surface area (Å²) in [6, 6.07) is 77.3. The summed E-state index contributed by atoms with van der Waals surface area (Å²) in [4.78, 5) is 49.3. The Bertz CT molecular complexity index is 2590. The van der Waals surface area contributed by atoms with E-state index in [1.54, 1.807) is 48.5 Å². The molecule has 9 rings (SSSR count). The van der Waals surface area contributed by atoms with E-state index in [1.165, 1.54) is 0 Å². The lowest BCUT2D eigenvalue weighted by molar-refractivity contribution is -0.117. The zero-order chi connectivity index (χ0) is 42.9. The van der Waals surface area contributed by atoms with Gasteiger partial charge in [-0.3, -0.25) is 19.2 Å². The van der Waals surface area contributed by atoms with Crippen LogP contribution in [0.4, 0.5) is 0 Å². The molecule has 0 aliphatic heterocycles. The molecule has 0 heterocycles. The van der Waals surface area contributed by atoms with Gasteiger partial charge in [0, 0.05) is 46.3 Å². The summed E-state index contributed by atoms with van der Waals surface area (Å²) < 4.78 is 0. The van der Waals surface area contributed by atoms with Crippen molar-refractivity contribution < 1.29 is 19.2 Å². The Kier molecular flexibility index (Phi) is 14.4. The highest BCUT2D eigenvalue weighted by Gasteiger charge is 2.35. The quantitative estimate of drug-likeness (QED) is 0.0964. The second-order valence-corrected chi connectivity index (χ2v) is 14.5. The fraction of sp³-hybridized carbons (Fsp3) is 0.0345. The third-order valence-corrected chi connectivity index (χ3v) is 10.2. The van der Waals surface area contributed by atoms with Crippen molar-refractivity contribution in [1.82, 2.24) is 0 Å². The van der Waals surface area contributed by atoms with Crippen LogP contribution in [0, 0.1) is 0 Å². The van der Waals surface area contributed by atoms with Gasteiger partial charge < -0.3 is 0 Å². The molecule has 1 aliphatic carbocycles. The lowest BCUT2D eigenvalue weighted by Gasteiger charge is -2.13. The maximum atomic E-state index is 14.0. The maximum absolute atomic E-state index is 14.0. The molecule has 0 amide bonds. The van der Waals surface area contributed by atoms with Gasteiger partial charge >= 0.3 is 0 Å². The number of benzene rings is 8. The lowest BCUT2D eigenvalue weighted by Crippen LogP contribution is -2.14. The average Bonchev–Trinajstić information content (AvgIpc) is 3.66. The third kappa shape index (κ3) is 10.7. The van der Waals surface area contributed by atoms with Crippen LogP contribution < -0.4 is 0 Å². The second kappa shape index (κ2) is 21.3. The summed E-state index contributed by atoms with van der Waals surface area (Å²) >= 11 is 0. The Balaban J connectivity index is 0.000000153. The van der Waals surface area contributed by atoms with E-state index >= 15 is 0 Å². The van der Waals surface area contributed by atoms with Crippen LogP contribution in [0.3, 0.4) is 0 Å². The van der Waals surface area contributed by atoms with E-state index in [0.29, 0.717) is 24.0 Å². The van der Waals surface area contributed by atoms with E-state index in [0.717, 1.165) is 55.7 Å². The molecule has 300 valence electrons. The molecular formula is C58H44O4. The van der Waals surface area contributed by atoms with Gasteiger partial charge in [-0.15, -0.1) is 0 Å². The zero-order valence-electron chi connectivity index (χ0n) is 34.1. The molecule has 0 bridgehead atoms. The van der Waals surface area contributed by atoms with Crippen molar-refractivity contribution in [3.05, 3.63) is 287 Å². The third-order valence-electron chi connectivity index (χ3n) is 10.2. The van der Waals surface area contributed by atoms with E-state index in [4.69, 9.17) is 0 Å². The van der Waals surface area contributed by atoms with Gasteiger partial charge in [-0.05, 0) is 33.4 Å². The van der Waals surface area contributed by atoms with Gasteiger partial charge in [0.1, 0.15) is 5.78 Å². The van der Waals surface area contributed by atoms with Gasteiger partial charge in [0.2, 0.25) is 11.6 Å². The summed E-state index contributed by atoms with van der Waals surface area (Å²) in [5.41, 5.74) is 10.5. The molecule has 62 heavy (non-hydrogen) atoms. The number of carbonyl (C=O) groups excluding carboxylic acids is 4. The molecule has 1 aliphatic rings. The van der Waals surface area contributed by atoms with E-state index in [2.05, 4.69) is 24.3 Å². The van der Waals surface area contributed by atoms with Crippen molar-refractivity contribution in [3.63, 3.8) is 0 Å². The number of allylic oxidation sites excluding steroid dienone is 4. The van der Waals surface area contributed by atoms with Gasteiger partial charge in [-0.1, -0.05) is 243 Å². The Hall–Kier alpha value is -8.08. The molecule has 0 radical (unpaired) electrons. The first-order valence-electron chi connectivity index (χ1n) is 20.5. The standard InChI is InChI=1S/C29H20O.C15H14O.C14H10O2/c30-29-27(23-17-9-3-10-18-23)25(21-13-5-1-6-14-21)26(22-15-7-2-8-16-22)28(29)24-19-11-4-12-20-24;16-15(11-13-7-3-1-4-8-13)12-14-9-5-2-6-10-14;15-13(11-7-3-1-4-8-11)14(16)12-9-5-2-6-10-12/h1-20H;1-10H,11-12H2;1-10H. The van der Waals surface area contributed by atoms with E-state index in [9.17, 15) is 19.2 Å². The monoisotopic (exact) mass is 804 g/mol. The van der Waals surface area contributed by atoms with Crippen molar-refractivity contribution >= 4 is 45.4 Å². The van der Waals surface area contributed by atoms with Gasteiger partial charge in [0.15, 0.2) is 5.78 Å². The number of Topliss-reactive ketones (excluding diaryl/α,β-unsaturated/α-hetero) is 4. The molecule has 0 N–H and O–H groups in total. The largest absolute Gasteiger partial charge is 0.299 e. The van der Waals surface area contributed by atoms with Crippen LogP contribution in [0.2, 0.25) is 0 Å². The summed E-state index contributed by atoms with van der Waals surface area (Å²) in [5.74, 6) is -0.596. The van der Waals surface area contributed by atoms with Gasteiger partial charge in [-0.25, -0.2) is 0 Å². The molecule has 8 aromatic rings. The molecule has 8 aromatic carbocycles. The summed E-state index contributed by atoms with van der Waals surface area (Å²) in [7, 11) is 0. The van der Waals surface area contributed by atoms with E-state index in [1.807, 2.05) is 170 Å². The molecule has 0 unspecified atom stereocenters. The number of ketones is 4. The summed E-state index contributed by atoms with van der Waals surface area (Å²) in [6.45, 7) is 0. The lowest BCUT2D eigenvalue weighted by atomic mass is 9.89. The summed E-state index contributed by atoms with van der Waals surface area (Å²) in [5, 5.41) is 0. The van der Waals surface area contributed by atoms with Crippen molar-refractivity contribution in [1.29, 1.82) is 0 Å². The Labute approximate surface area is 363 Å². The molecule has 4 nitrogen and oxygen atoms in total. The first-order chi connectivity index (χ1) is 30.5. The minimum absolute atomic E-state index is 0.0742. The minimum Gasteiger partial charge on any atom is -0.299 e. The van der Waals surface area contributed by atoms with Crippen molar-refractivity contribution in [2.75, 3.05) is 0 Å². The van der Waals surface area contributed by atoms with Crippen molar-refractivity contribution in [2.45, 2.75) is 12.8 Å². The average molecular weight is 805 g/mol. The van der Waals surface area contributed by atoms with Crippen LogP contribution in [0.5, 0.6) is 0 Å². The van der Waals surface area contributed by atoms with Crippen molar-refractivity contribution in [3.8, 4) is 0 Å². The van der Waals surface area contributed by atoms with Crippen LogP contribution >= 0.6 is 0 Å². The molecule has 0 spiro atoms. The van der Waals surface area contributed by atoms with Gasteiger partial charge in [0.25, 0.3) is 0 Å². The fourth-order valence-electron chi connectivity index (χ4n) is 7.30. The fourth-order valence-corrected chi connectivity index (χ4v) is 7.30. The number of rotatable bonds is 11. The Morgan fingerprint density at radius 2 is 0.500 bits per heavy atom. The van der Waals surface area contributed by atoms with Crippen LogP contribution in [-0.2, 0) is 22.4 Å². The predicted molar refractivity (Wildman–Crippen MR) is 251 cm³/mol. The Morgan fingerprint density at radius 3 is 0.774 bits per heavy atom. The second-order valence-electron chi connectivity index (χ2n) is 14.5. The first-order valence-corrected chi connectivity index (χ1v) is 20.5. The Morgan fingerprint density at radius 1 is 0.274 bits per heavy atom. The van der Waals surface area contributed by atoms with Gasteiger partial charge in [0.05, 0.1) is 0 Å². The van der Waals surface area contributed by atoms with Crippen LogP contribution in [0.25, 0.3) is 22.3 Å². The molecule has 4 heteroatoms. The number of hydrogen-bond acceptors (Lipinski definition) is 4. The predicted octanol–water partition coefficient (Wildman–Crippen LogP) is 12.6. The molecule has 0 aromatic heterocycles. The smallest absolute Gasteiger partial charge is 0.233 e. The SMILES string of the molecule is O=C(C(=O)c1ccccc1)c1ccccc1.O=C(Cc1ccccc1)Cc1ccccc1.O=C1C(c2ccccc2)=C(c2ccccc2)C(c2ccccc2)=C1c1ccccc1. The minimum atomic E-state index is -0.466. The maximum Gasteiger partial charge on any atom is 0.233 e. The van der Waals surface area contributed by atoms with E-state index in [-0.39, 0.29) is 11.6 Å². The molecule has 0 saturated carbocycles. The highest BCUT2D eigenvalue weighted by molar-refractivity contribution is 6.59. The van der Waals surface area contributed by atoms with E-state index < -0.39 is 11.6 Å². The van der Waals surface area contributed by atoms with Gasteiger partial charge in [-0.2, -0.15) is 0 Å². The highest BCUT2D eigenvalue weighted by Crippen LogP contribution is 2.49. The molecule has 0 atom stereocenters. The van der Waals surface area contributed by atoms with Crippen LogP contribution in [0.15, 0.2) is 243 Å². The van der Waals surface area contributed by atoms with Crippen LogP contribution in [-0.4, -0.2) is 23.1 Å². The van der Waals surface area contributed by atoms with Crippen LogP contribution in [0.1, 0.15) is 54.1 Å². The first kappa shape index (κ1) is 42.1. The molecule has 0 fully saturated rings. The topological polar surface area (TPSA) is 68.3 Å². The zero-order valence-corrected chi connectivity index (χ0v) is 34.1. The molecular weight excluding hydrogens is 761 g/mol. The number of hydrogen-bond donors (Lipinski definition) is 0.